The highest BCUT2D eigenvalue weighted by Gasteiger charge is 2.49. The molecule has 3 atom stereocenters. The first-order valence-electron chi connectivity index (χ1n) is 12.0. The van der Waals surface area contributed by atoms with E-state index in [0.29, 0.717) is 11.7 Å². The van der Waals surface area contributed by atoms with Gasteiger partial charge in [0.25, 0.3) is 0 Å². The van der Waals surface area contributed by atoms with E-state index in [1.165, 1.54) is 12.5 Å². The number of likely N-dealkylation sites (tertiary alicyclic amines) is 1. The molecule has 180 valence electrons. The number of nitrogens with zero attached hydrogens (tertiary/aromatic N) is 2. The molecular weight excluding hydrogens is 428 g/mol. The minimum atomic E-state index is -0.316. The van der Waals surface area contributed by atoms with Crippen molar-refractivity contribution >= 4 is 18.0 Å². The molecule has 1 aromatic heterocycles. The Morgan fingerprint density at radius 3 is 2.91 bits per heavy atom. The molecule has 2 aliphatic rings. The molecule has 0 bridgehead atoms. The summed E-state index contributed by atoms with van der Waals surface area (Å²) in [6.45, 7) is 8.22. The van der Waals surface area contributed by atoms with Gasteiger partial charge in [-0.15, -0.1) is 6.58 Å². The van der Waals surface area contributed by atoms with Gasteiger partial charge in [-0.3, -0.25) is 14.5 Å². The van der Waals surface area contributed by atoms with Crippen LogP contribution in [0.4, 0.5) is 0 Å². The number of carbonyl (C=O) groups excluding carboxylic acids is 2. The third kappa shape index (κ3) is 5.17. The van der Waals surface area contributed by atoms with Gasteiger partial charge >= 0.3 is 5.97 Å². The standard InChI is InChI=1S/C28H34N2O4/c1-4-14-30-15-13-28(23-6-5-7-26(17-23)34-21(2)31)18-25(10-9-24(28)19-30)29(3)27(32)11-8-22-12-16-33-20-22/h4-8,11-12,16-17,20,24-25H,1,9-10,13-15,18-19H2,2-3H3/b11-8+/t24-,25-,28+/m1/s1. The first-order chi connectivity index (χ1) is 16.4. The van der Waals surface area contributed by atoms with E-state index in [1.54, 1.807) is 24.7 Å². The predicted octanol–water partition coefficient (Wildman–Crippen LogP) is 4.67. The lowest BCUT2D eigenvalue weighted by Crippen LogP contribution is -2.56. The Labute approximate surface area is 201 Å². The molecule has 1 amide bonds. The second-order valence-corrected chi connectivity index (χ2v) is 9.55. The van der Waals surface area contributed by atoms with E-state index in [1.807, 2.05) is 42.3 Å². The van der Waals surface area contributed by atoms with Gasteiger partial charge in [-0.25, -0.2) is 0 Å². The molecule has 0 radical (unpaired) electrons. The number of ether oxygens (including phenoxy) is 1. The number of esters is 1. The van der Waals surface area contributed by atoms with Gasteiger partial charge in [-0.2, -0.15) is 0 Å². The van der Waals surface area contributed by atoms with E-state index in [2.05, 4.69) is 17.5 Å². The molecule has 0 unspecified atom stereocenters. The summed E-state index contributed by atoms with van der Waals surface area (Å²) >= 11 is 0. The fourth-order valence-corrected chi connectivity index (χ4v) is 5.74. The molecule has 6 heteroatoms. The lowest BCUT2D eigenvalue weighted by Gasteiger charge is -2.54. The molecule has 1 saturated carbocycles. The van der Waals surface area contributed by atoms with E-state index in [9.17, 15) is 9.59 Å². The molecule has 2 aromatic rings. The van der Waals surface area contributed by atoms with Crippen LogP contribution in [0.1, 0.15) is 43.7 Å². The van der Waals surface area contributed by atoms with E-state index in [0.717, 1.165) is 50.9 Å². The molecule has 4 rings (SSSR count). The number of carbonyl (C=O) groups is 2. The van der Waals surface area contributed by atoms with Gasteiger partial charge < -0.3 is 14.1 Å². The highest BCUT2D eigenvalue weighted by Crippen LogP contribution is 2.50. The van der Waals surface area contributed by atoms with Crippen LogP contribution >= 0.6 is 0 Å². The molecule has 34 heavy (non-hydrogen) atoms. The molecule has 6 nitrogen and oxygen atoms in total. The van der Waals surface area contributed by atoms with Crippen molar-refractivity contribution in [2.24, 2.45) is 5.92 Å². The molecule has 2 heterocycles. The Morgan fingerprint density at radius 1 is 1.32 bits per heavy atom. The average molecular weight is 463 g/mol. The summed E-state index contributed by atoms with van der Waals surface area (Å²) in [7, 11) is 1.91. The van der Waals surface area contributed by atoms with Crippen molar-refractivity contribution in [2.75, 3.05) is 26.7 Å². The number of hydrogen-bond donors (Lipinski definition) is 0. The number of fused-ring (bicyclic) bond motifs is 1. The zero-order valence-corrected chi connectivity index (χ0v) is 20.1. The largest absolute Gasteiger partial charge is 0.472 e. The molecule has 0 N–H and O–H groups in total. The number of benzene rings is 1. The first kappa shape index (κ1) is 24.0. The number of likely N-dealkylation sites (N-methyl/N-ethyl adjacent to an activating group) is 1. The Kier molecular flexibility index (Phi) is 7.37. The Balaban J connectivity index is 1.59. The van der Waals surface area contributed by atoms with Crippen LogP contribution in [-0.2, 0) is 15.0 Å². The maximum absolute atomic E-state index is 13.0. The zero-order chi connectivity index (χ0) is 24.1. The highest BCUT2D eigenvalue weighted by atomic mass is 16.5. The monoisotopic (exact) mass is 462 g/mol. The summed E-state index contributed by atoms with van der Waals surface area (Å²) in [6.07, 6.45) is 12.5. The van der Waals surface area contributed by atoms with E-state index in [-0.39, 0.29) is 23.3 Å². The van der Waals surface area contributed by atoms with E-state index >= 15 is 0 Å². The number of furan rings is 1. The first-order valence-corrected chi connectivity index (χ1v) is 12.0. The van der Waals surface area contributed by atoms with Crippen LogP contribution in [0.3, 0.4) is 0 Å². The quantitative estimate of drug-likeness (QED) is 0.259. The smallest absolute Gasteiger partial charge is 0.308 e. The van der Waals surface area contributed by atoms with Crippen molar-refractivity contribution in [2.45, 2.75) is 44.1 Å². The van der Waals surface area contributed by atoms with Gasteiger partial charge in [0.1, 0.15) is 5.75 Å². The molecule has 1 saturated heterocycles. The number of piperidine rings is 1. The van der Waals surface area contributed by atoms with Gasteiger partial charge in [0.15, 0.2) is 0 Å². The lowest BCUT2D eigenvalue weighted by atomic mass is 9.57. The summed E-state index contributed by atoms with van der Waals surface area (Å²) < 4.78 is 10.5. The van der Waals surface area contributed by atoms with Crippen molar-refractivity contribution in [1.82, 2.24) is 9.80 Å². The summed E-state index contributed by atoms with van der Waals surface area (Å²) in [5, 5.41) is 0. The average Bonchev–Trinajstić information content (AvgIpc) is 3.35. The van der Waals surface area contributed by atoms with Gasteiger partial charge in [0.2, 0.25) is 5.91 Å². The highest BCUT2D eigenvalue weighted by molar-refractivity contribution is 5.91. The molecule has 0 spiro atoms. The van der Waals surface area contributed by atoms with Crippen LogP contribution in [0.25, 0.3) is 6.08 Å². The lowest BCUT2D eigenvalue weighted by molar-refractivity contribution is -0.132. The Morgan fingerprint density at radius 2 is 2.18 bits per heavy atom. The van der Waals surface area contributed by atoms with Gasteiger partial charge in [0.05, 0.1) is 12.5 Å². The van der Waals surface area contributed by atoms with Crippen molar-refractivity contribution in [3.05, 3.63) is 72.7 Å². The van der Waals surface area contributed by atoms with Crippen LogP contribution in [0, 0.1) is 5.92 Å². The van der Waals surface area contributed by atoms with Crippen molar-refractivity contribution in [1.29, 1.82) is 0 Å². The molecule has 1 aliphatic carbocycles. The van der Waals surface area contributed by atoms with Crippen molar-refractivity contribution in [3.8, 4) is 5.75 Å². The maximum atomic E-state index is 13.0. The third-order valence-electron chi connectivity index (χ3n) is 7.50. The topological polar surface area (TPSA) is 63.0 Å². The Hall–Kier alpha value is -3.12. The normalized spacial score (nSPS) is 25.0. The molecular formula is C28H34N2O4. The fraction of sp³-hybridized carbons (Fsp3) is 0.429. The number of rotatable bonds is 7. The SMILES string of the molecule is C=CCN1CC[C@@]2(c3cccc(OC(C)=O)c3)C[C@H](N(C)C(=O)/C=C/c3ccoc3)CC[C@@H]2C1. The molecule has 1 aromatic carbocycles. The minimum Gasteiger partial charge on any atom is -0.472 e. The van der Waals surface area contributed by atoms with E-state index in [4.69, 9.17) is 9.15 Å². The molecule has 1 aliphatic heterocycles. The maximum Gasteiger partial charge on any atom is 0.308 e. The summed E-state index contributed by atoms with van der Waals surface area (Å²) in [6, 6.07) is 9.96. The number of amides is 1. The van der Waals surface area contributed by atoms with Gasteiger partial charge in [-0.1, -0.05) is 18.2 Å². The number of hydrogen-bond acceptors (Lipinski definition) is 5. The van der Waals surface area contributed by atoms with Crippen molar-refractivity contribution in [3.63, 3.8) is 0 Å². The Bertz CT molecular complexity index is 1040. The van der Waals surface area contributed by atoms with Crippen LogP contribution in [0.5, 0.6) is 5.75 Å². The third-order valence-corrected chi connectivity index (χ3v) is 7.50. The summed E-state index contributed by atoms with van der Waals surface area (Å²) in [5.41, 5.74) is 2.01. The van der Waals surface area contributed by atoms with Gasteiger partial charge in [-0.05, 0) is 68.0 Å². The second kappa shape index (κ2) is 10.4. The van der Waals surface area contributed by atoms with Gasteiger partial charge in [0, 0.05) is 50.2 Å². The van der Waals surface area contributed by atoms with Crippen molar-refractivity contribution < 1.29 is 18.7 Å². The summed E-state index contributed by atoms with van der Waals surface area (Å²) in [4.78, 5) is 28.9. The van der Waals surface area contributed by atoms with Crippen LogP contribution in [0.2, 0.25) is 0 Å². The van der Waals surface area contributed by atoms with Crippen LogP contribution < -0.4 is 4.74 Å². The van der Waals surface area contributed by atoms with Crippen LogP contribution in [-0.4, -0.2) is 54.4 Å². The zero-order valence-electron chi connectivity index (χ0n) is 20.1. The molecule has 2 fully saturated rings. The predicted molar refractivity (Wildman–Crippen MR) is 132 cm³/mol. The fourth-order valence-electron chi connectivity index (χ4n) is 5.74. The van der Waals surface area contributed by atoms with E-state index < -0.39 is 0 Å². The second-order valence-electron chi connectivity index (χ2n) is 9.55. The summed E-state index contributed by atoms with van der Waals surface area (Å²) in [5.74, 6) is 0.733. The van der Waals surface area contributed by atoms with Crippen LogP contribution in [0.15, 0.2) is 66.0 Å². The minimum absolute atomic E-state index is 0.00226.